The van der Waals surface area contributed by atoms with Gasteiger partial charge in [-0.1, -0.05) is 182 Å². The Balaban J connectivity index is 1.14. The molecule has 250 valence electrons. The quantitative estimate of drug-likeness (QED) is 0.128. The van der Waals surface area contributed by atoms with E-state index in [2.05, 4.69) is 206 Å². The molecule has 0 aromatic heterocycles. The van der Waals surface area contributed by atoms with E-state index in [1.807, 2.05) is 0 Å². The maximum Gasteiger partial charge on any atom is -0.00266 e. The number of hydrogen-bond donors (Lipinski definition) is 0. The van der Waals surface area contributed by atoms with Crippen LogP contribution in [0.15, 0.2) is 206 Å². The highest BCUT2D eigenvalue weighted by Gasteiger charge is 2.16. The lowest BCUT2D eigenvalue weighted by Crippen LogP contribution is -1.90. The van der Waals surface area contributed by atoms with Crippen molar-refractivity contribution in [2.75, 3.05) is 0 Å². The minimum atomic E-state index is 1.21. The summed E-state index contributed by atoms with van der Waals surface area (Å²) in [6.07, 6.45) is 0. The maximum absolute atomic E-state index is 2.42. The molecule has 0 heterocycles. The smallest absolute Gasteiger partial charge is 0.00266 e. The van der Waals surface area contributed by atoms with E-state index < -0.39 is 0 Å². The van der Waals surface area contributed by atoms with Crippen LogP contribution in [0.4, 0.5) is 0 Å². The fraction of sp³-hybridized carbons (Fsp3) is 0. The molecule has 0 nitrogen and oxygen atoms in total. The number of benzene rings is 11. The van der Waals surface area contributed by atoms with Gasteiger partial charge in [0.15, 0.2) is 0 Å². The van der Waals surface area contributed by atoms with Gasteiger partial charge in [-0.3, -0.25) is 0 Å². The highest BCUT2D eigenvalue weighted by Crippen LogP contribution is 2.44. The Morgan fingerprint density at radius 1 is 0.185 bits per heavy atom. The van der Waals surface area contributed by atoms with Crippen molar-refractivity contribution in [1.82, 2.24) is 0 Å². The first kappa shape index (κ1) is 30.6. The van der Waals surface area contributed by atoms with Crippen molar-refractivity contribution in [3.05, 3.63) is 206 Å². The van der Waals surface area contributed by atoms with E-state index in [0.29, 0.717) is 0 Å². The molecule has 0 heteroatoms. The van der Waals surface area contributed by atoms with E-state index in [1.165, 1.54) is 109 Å². The van der Waals surface area contributed by atoms with Crippen LogP contribution in [0.1, 0.15) is 0 Å². The first-order valence-corrected chi connectivity index (χ1v) is 18.8. The van der Waals surface area contributed by atoms with Crippen LogP contribution in [-0.2, 0) is 0 Å². The van der Waals surface area contributed by atoms with Gasteiger partial charge in [0.05, 0.1) is 0 Å². The molecule has 0 aliphatic carbocycles. The third kappa shape index (κ3) is 4.85. The number of fused-ring (bicyclic) bond motifs is 8. The lowest BCUT2D eigenvalue weighted by Gasteiger charge is -2.17. The van der Waals surface area contributed by atoms with Crippen LogP contribution < -0.4 is 0 Å². The van der Waals surface area contributed by atoms with E-state index in [0.717, 1.165) is 0 Å². The summed E-state index contributed by atoms with van der Waals surface area (Å²) in [5, 5.41) is 15.3. The Kier molecular flexibility index (Phi) is 6.97. The molecule has 54 heavy (non-hydrogen) atoms. The Bertz CT molecular complexity index is 3230. The van der Waals surface area contributed by atoms with Gasteiger partial charge in [-0.2, -0.15) is 0 Å². The zero-order valence-corrected chi connectivity index (χ0v) is 29.6. The normalized spacial score (nSPS) is 11.7. The second-order valence-electron chi connectivity index (χ2n) is 14.4. The number of rotatable bonds is 4. The van der Waals surface area contributed by atoms with Gasteiger partial charge in [0.2, 0.25) is 0 Å². The Hall–Kier alpha value is -7.02. The summed E-state index contributed by atoms with van der Waals surface area (Å²) in [4.78, 5) is 0. The molecule has 0 amide bonds. The molecule has 0 atom stereocenters. The van der Waals surface area contributed by atoms with Crippen LogP contribution in [0.25, 0.3) is 109 Å². The Morgan fingerprint density at radius 2 is 0.630 bits per heavy atom. The summed E-state index contributed by atoms with van der Waals surface area (Å²) in [6.45, 7) is 0. The molecule has 0 saturated heterocycles. The largest absolute Gasteiger partial charge is 0.0622 e. The molecule has 0 aliphatic rings. The molecule has 11 aromatic rings. The fourth-order valence-corrected chi connectivity index (χ4v) is 8.87. The highest BCUT2D eigenvalue weighted by molar-refractivity contribution is 6.23. The molecular formula is C54H34. The van der Waals surface area contributed by atoms with E-state index in [9.17, 15) is 0 Å². The molecule has 0 radical (unpaired) electrons. The second-order valence-corrected chi connectivity index (χ2v) is 14.4. The fourth-order valence-electron chi connectivity index (χ4n) is 8.87. The number of hydrogen-bond acceptors (Lipinski definition) is 0. The second kappa shape index (κ2) is 12.3. The van der Waals surface area contributed by atoms with Gasteiger partial charge in [0.25, 0.3) is 0 Å². The van der Waals surface area contributed by atoms with Crippen LogP contribution in [0, 0.1) is 0 Å². The summed E-state index contributed by atoms with van der Waals surface area (Å²) < 4.78 is 0. The lowest BCUT2D eigenvalue weighted by atomic mass is 9.86. The van der Waals surface area contributed by atoms with Crippen molar-refractivity contribution in [2.24, 2.45) is 0 Å². The average Bonchev–Trinajstić information content (AvgIpc) is 3.25. The van der Waals surface area contributed by atoms with Gasteiger partial charge in [-0.05, 0) is 133 Å². The van der Waals surface area contributed by atoms with Gasteiger partial charge in [0, 0.05) is 0 Å². The molecular weight excluding hydrogens is 649 g/mol. The van der Waals surface area contributed by atoms with Crippen LogP contribution in [0.2, 0.25) is 0 Å². The zero-order chi connectivity index (χ0) is 35.6. The van der Waals surface area contributed by atoms with Crippen LogP contribution in [0.5, 0.6) is 0 Å². The minimum Gasteiger partial charge on any atom is -0.0622 e. The molecule has 0 spiro atoms. The molecule has 0 bridgehead atoms. The van der Waals surface area contributed by atoms with Crippen LogP contribution in [-0.4, -0.2) is 0 Å². The van der Waals surface area contributed by atoms with E-state index >= 15 is 0 Å². The minimum absolute atomic E-state index is 1.21. The summed E-state index contributed by atoms with van der Waals surface area (Å²) in [5.74, 6) is 0. The molecule has 11 rings (SSSR count). The molecule has 11 aromatic carbocycles. The van der Waals surface area contributed by atoms with Crippen molar-refractivity contribution in [3.8, 4) is 44.5 Å². The standard InChI is InChI=1S/C54H34/c1-3-13-35(14-4-1)42-21-11-23-45-47(42)29-30-48-50(45)33-41-19-9-10-20-44(41)54(48)38-27-25-37(26-28-38)49-34-53-43(36-15-5-2-6-16-36)22-12-24-46(53)51-31-39-17-7-8-18-40(39)32-52(49)51/h1-34H. The van der Waals surface area contributed by atoms with Gasteiger partial charge >= 0.3 is 0 Å². The molecule has 0 saturated carbocycles. The predicted molar refractivity (Wildman–Crippen MR) is 233 cm³/mol. The highest BCUT2D eigenvalue weighted by atomic mass is 14.2. The lowest BCUT2D eigenvalue weighted by molar-refractivity contribution is 1.64. The molecule has 0 N–H and O–H groups in total. The summed E-state index contributed by atoms with van der Waals surface area (Å²) in [7, 11) is 0. The predicted octanol–water partition coefficient (Wildman–Crippen LogP) is 15.3. The first-order valence-electron chi connectivity index (χ1n) is 18.8. The van der Waals surface area contributed by atoms with Gasteiger partial charge in [-0.25, -0.2) is 0 Å². The average molecular weight is 683 g/mol. The van der Waals surface area contributed by atoms with Gasteiger partial charge in [-0.15, -0.1) is 0 Å². The molecule has 0 fully saturated rings. The topological polar surface area (TPSA) is 0 Å². The van der Waals surface area contributed by atoms with Crippen molar-refractivity contribution in [3.63, 3.8) is 0 Å². The monoisotopic (exact) mass is 682 g/mol. The Labute approximate surface area is 314 Å². The zero-order valence-electron chi connectivity index (χ0n) is 29.6. The summed E-state index contributed by atoms with van der Waals surface area (Å²) >= 11 is 0. The first-order chi connectivity index (χ1) is 26.8. The van der Waals surface area contributed by atoms with E-state index in [1.54, 1.807) is 0 Å². The van der Waals surface area contributed by atoms with Crippen molar-refractivity contribution in [2.45, 2.75) is 0 Å². The van der Waals surface area contributed by atoms with E-state index in [4.69, 9.17) is 0 Å². The van der Waals surface area contributed by atoms with Crippen molar-refractivity contribution in [1.29, 1.82) is 0 Å². The third-order valence-corrected chi connectivity index (χ3v) is 11.4. The summed E-state index contributed by atoms with van der Waals surface area (Å²) in [6, 6.07) is 76.1. The third-order valence-electron chi connectivity index (χ3n) is 11.4. The van der Waals surface area contributed by atoms with E-state index in [-0.39, 0.29) is 0 Å². The summed E-state index contributed by atoms with van der Waals surface area (Å²) in [5.41, 5.74) is 9.96. The SMILES string of the molecule is c1ccc(-c2cccc3c2cc(-c2ccc(-c4c5ccccc5cc5c4ccc4c(-c6ccccc6)cccc45)cc2)c2cc4ccccc4cc23)cc1. The van der Waals surface area contributed by atoms with Crippen molar-refractivity contribution < 1.29 is 0 Å². The maximum atomic E-state index is 2.42. The van der Waals surface area contributed by atoms with Crippen molar-refractivity contribution >= 4 is 64.6 Å². The van der Waals surface area contributed by atoms with Crippen LogP contribution in [0.3, 0.4) is 0 Å². The molecule has 0 unspecified atom stereocenters. The Morgan fingerprint density at radius 3 is 1.31 bits per heavy atom. The van der Waals surface area contributed by atoms with Crippen LogP contribution >= 0.6 is 0 Å². The van der Waals surface area contributed by atoms with Gasteiger partial charge < -0.3 is 0 Å². The molecule has 0 aliphatic heterocycles. The van der Waals surface area contributed by atoms with Gasteiger partial charge in [0.1, 0.15) is 0 Å².